The van der Waals surface area contributed by atoms with Crippen LogP contribution in [0.1, 0.15) is 6.92 Å². The molecule has 1 aromatic carbocycles. The summed E-state index contributed by atoms with van der Waals surface area (Å²) in [6.07, 6.45) is 0. The Bertz CT molecular complexity index is 297. The molecule has 16 heavy (non-hydrogen) atoms. The van der Waals surface area contributed by atoms with Gasteiger partial charge in [0.05, 0.1) is 7.11 Å². The van der Waals surface area contributed by atoms with Gasteiger partial charge in [0, 0.05) is 25.8 Å². The summed E-state index contributed by atoms with van der Waals surface area (Å²) in [6, 6.07) is 8.17. The Kier molecular flexibility index (Phi) is 5.12. The van der Waals surface area contributed by atoms with Gasteiger partial charge in [0.1, 0.15) is 5.75 Å². The number of methoxy groups -OCH3 is 1. The van der Waals surface area contributed by atoms with Crippen LogP contribution in [-0.4, -0.2) is 45.7 Å². The highest BCUT2D eigenvalue weighted by molar-refractivity contribution is 5.48. The van der Waals surface area contributed by atoms with Crippen molar-refractivity contribution in [2.24, 2.45) is 0 Å². The van der Waals surface area contributed by atoms with Crippen LogP contribution in [-0.2, 0) is 0 Å². The largest absolute Gasteiger partial charge is 0.497 e. The summed E-state index contributed by atoms with van der Waals surface area (Å²) < 4.78 is 5.14. The molecule has 0 atom stereocenters. The van der Waals surface area contributed by atoms with E-state index in [0.29, 0.717) is 0 Å². The van der Waals surface area contributed by atoms with Gasteiger partial charge in [0.15, 0.2) is 0 Å². The summed E-state index contributed by atoms with van der Waals surface area (Å²) in [5, 5.41) is 0. The van der Waals surface area contributed by atoms with E-state index in [1.54, 1.807) is 7.11 Å². The van der Waals surface area contributed by atoms with E-state index in [1.807, 2.05) is 12.1 Å². The van der Waals surface area contributed by atoms with E-state index in [1.165, 1.54) is 5.69 Å². The molecular weight excluding hydrogens is 200 g/mol. The van der Waals surface area contributed by atoms with Gasteiger partial charge in [0.2, 0.25) is 0 Å². The smallest absolute Gasteiger partial charge is 0.119 e. The van der Waals surface area contributed by atoms with Crippen LogP contribution in [0.25, 0.3) is 0 Å². The van der Waals surface area contributed by atoms with E-state index in [4.69, 9.17) is 4.74 Å². The Morgan fingerprint density at radius 3 is 2.19 bits per heavy atom. The fraction of sp³-hybridized carbons (Fsp3) is 0.538. The number of hydrogen-bond donors (Lipinski definition) is 0. The Morgan fingerprint density at radius 2 is 1.69 bits per heavy atom. The number of likely N-dealkylation sites (N-methyl/N-ethyl adjacent to an activating group) is 2. The van der Waals surface area contributed by atoms with Crippen LogP contribution in [0.4, 0.5) is 5.69 Å². The average molecular weight is 222 g/mol. The normalized spacial score (nSPS) is 10.6. The van der Waals surface area contributed by atoms with Gasteiger partial charge in [-0.15, -0.1) is 0 Å². The molecule has 0 aromatic heterocycles. The van der Waals surface area contributed by atoms with E-state index in [0.717, 1.165) is 25.4 Å². The van der Waals surface area contributed by atoms with E-state index in [-0.39, 0.29) is 0 Å². The molecule has 0 amide bonds. The fourth-order valence-electron chi connectivity index (χ4n) is 1.44. The molecule has 3 nitrogen and oxygen atoms in total. The van der Waals surface area contributed by atoms with Crippen molar-refractivity contribution in [1.82, 2.24) is 4.90 Å². The lowest BCUT2D eigenvalue weighted by Crippen LogP contribution is -2.30. The zero-order valence-corrected chi connectivity index (χ0v) is 10.7. The summed E-state index contributed by atoms with van der Waals surface area (Å²) in [7, 11) is 5.95. The molecule has 0 aliphatic heterocycles. The van der Waals surface area contributed by atoms with Crippen molar-refractivity contribution in [1.29, 1.82) is 0 Å². The van der Waals surface area contributed by atoms with Crippen molar-refractivity contribution in [2.75, 3.05) is 45.7 Å². The van der Waals surface area contributed by atoms with Gasteiger partial charge in [-0.3, -0.25) is 0 Å². The van der Waals surface area contributed by atoms with Gasteiger partial charge < -0.3 is 14.5 Å². The predicted octanol–water partition coefficient (Wildman–Crippen LogP) is 2.08. The highest BCUT2D eigenvalue weighted by Gasteiger charge is 2.02. The first-order valence-corrected chi connectivity index (χ1v) is 5.71. The van der Waals surface area contributed by atoms with Crippen molar-refractivity contribution in [3.05, 3.63) is 24.3 Å². The molecule has 3 heteroatoms. The molecule has 0 aliphatic rings. The SMILES string of the molecule is CCN(C)CCN(C)c1ccc(OC)cc1. The number of ether oxygens (including phenoxy) is 1. The lowest BCUT2D eigenvalue weighted by Gasteiger charge is -2.22. The second kappa shape index (κ2) is 6.38. The molecule has 0 spiro atoms. The van der Waals surface area contributed by atoms with Gasteiger partial charge in [-0.2, -0.15) is 0 Å². The second-order valence-corrected chi connectivity index (χ2v) is 4.02. The molecule has 0 fully saturated rings. The lowest BCUT2D eigenvalue weighted by atomic mass is 10.3. The lowest BCUT2D eigenvalue weighted by molar-refractivity contribution is 0.360. The zero-order chi connectivity index (χ0) is 12.0. The maximum atomic E-state index is 5.14. The Balaban J connectivity index is 2.49. The Morgan fingerprint density at radius 1 is 1.06 bits per heavy atom. The van der Waals surface area contributed by atoms with Gasteiger partial charge in [-0.25, -0.2) is 0 Å². The predicted molar refractivity (Wildman–Crippen MR) is 69.4 cm³/mol. The third kappa shape index (κ3) is 3.74. The van der Waals surface area contributed by atoms with E-state index < -0.39 is 0 Å². The van der Waals surface area contributed by atoms with Crippen LogP contribution in [0.5, 0.6) is 5.75 Å². The minimum atomic E-state index is 0.905. The summed E-state index contributed by atoms with van der Waals surface area (Å²) >= 11 is 0. The fourth-order valence-corrected chi connectivity index (χ4v) is 1.44. The van der Waals surface area contributed by atoms with E-state index in [9.17, 15) is 0 Å². The van der Waals surface area contributed by atoms with Gasteiger partial charge in [-0.1, -0.05) is 6.92 Å². The summed E-state index contributed by atoms with van der Waals surface area (Å²) in [6.45, 7) is 5.39. The van der Waals surface area contributed by atoms with Crippen molar-refractivity contribution >= 4 is 5.69 Å². The van der Waals surface area contributed by atoms with Crippen molar-refractivity contribution < 1.29 is 4.74 Å². The minimum Gasteiger partial charge on any atom is -0.497 e. The number of benzene rings is 1. The Labute approximate surface area is 98.6 Å². The summed E-state index contributed by atoms with van der Waals surface area (Å²) in [5.74, 6) is 0.905. The van der Waals surface area contributed by atoms with Gasteiger partial charge in [-0.05, 0) is 37.9 Å². The maximum absolute atomic E-state index is 5.14. The molecule has 0 saturated heterocycles. The zero-order valence-electron chi connectivity index (χ0n) is 10.7. The Hall–Kier alpha value is -1.22. The minimum absolute atomic E-state index is 0.905. The first-order valence-electron chi connectivity index (χ1n) is 5.71. The molecule has 90 valence electrons. The van der Waals surface area contributed by atoms with E-state index >= 15 is 0 Å². The molecule has 0 N–H and O–H groups in total. The molecule has 0 saturated carbocycles. The monoisotopic (exact) mass is 222 g/mol. The van der Waals surface area contributed by atoms with Crippen molar-refractivity contribution in [3.8, 4) is 5.75 Å². The third-order valence-corrected chi connectivity index (χ3v) is 2.87. The van der Waals surface area contributed by atoms with Gasteiger partial charge >= 0.3 is 0 Å². The first-order chi connectivity index (χ1) is 7.67. The molecule has 0 radical (unpaired) electrons. The topological polar surface area (TPSA) is 15.7 Å². The molecule has 1 aromatic rings. The molecule has 0 unspecified atom stereocenters. The average Bonchev–Trinajstić information content (AvgIpc) is 2.35. The number of rotatable bonds is 6. The van der Waals surface area contributed by atoms with Crippen LogP contribution < -0.4 is 9.64 Å². The van der Waals surface area contributed by atoms with Gasteiger partial charge in [0.25, 0.3) is 0 Å². The highest BCUT2D eigenvalue weighted by atomic mass is 16.5. The van der Waals surface area contributed by atoms with Crippen LogP contribution >= 0.6 is 0 Å². The number of nitrogens with zero attached hydrogens (tertiary/aromatic N) is 2. The first kappa shape index (κ1) is 12.8. The molecular formula is C13H22N2O. The van der Waals surface area contributed by atoms with Crippen molar-refractivity contribution in [2.45, 2.75) is 6.92 Å². The standard InChI is InChI=1S/C13H22N2O/c1-5-14(2)10-11-15(3)12-6-8-13(16-4)9-7-12/h6-9H,5,10-11H2,1-4H3. The third-order valence-electron chi connectivity index (χ3n) is 2.87. The van der Waals surface area contributed by atoms with Crippen molar-refractivity contribution in [3.63, 3.8) is 0 Å². The van der Waals surface area contributed by atoms with E-state index in [2.05, 4.69) is 43.0 Å². The van der Waals surface area contributed by atoms with Crippen LogP contribution in [0.3, 0.4) is 0 Å². The van der Waals surface area contributed by atoms with Crippen LogP contribution in [0, 0.1) is 0 Å². The molecule has 0 bridgehead atoms. The second-order valence-electron chi connectivity index (χ2n) is 4.02. The maximum Gasteiger partial charge on any atom is 0.119 e. The van der Waals surface area contributed by atoms with Crippen LogP contribution in [0.2, 0.25) is 0 Å². The molecule has 1 rings (SSSR count). The number of anilines is 1. The molecule has 0 heterocycles. The number of hydrogen-bond acceptors (Lipinski definition) is 3. The quantitative estimate of drug-likeness (QED) is 0.733. The highest BCUT2D eigenvalue weighted by Crippen LogP contribution is 2.17. The summed E-state index contributed by atoms with van der Waals surface area (Å²) in [5.41, 5.74) is 1.23. The summed E-state index contributed by atoms with van der Waals surface area (Å²) in [4.78, 5) is 4.56. The van der Waals surface area contributed by atoms with Crippen LogP contribution in [0.15, 0.2) is 24.3 Å². The molecule has 0 aliphatic carbocycles.